The Hall–Kier alpha value is -0.570. The Labute approximate surface area is 599 Å². The van der Waals surface area contributed by atoms with Crippen LogP contribution < -0.4 is 0 Å². The first-order valence-electron chi connectivity index (χ1n) is 32.9. The van der Waals surface area contributed by atoms with Crippen molar-refractivity contribution in [1.29, 1.82) is 0 Å². The molecule has 6 fully saturated rings. The van der Waals surface area contributed by atoms with E-state index in [9.17, 15) is 43.2 Å². The monoisotopic (exact) mass is 1530 g/mol. The van der Waals surface area contributed by atoms with E-state index in [1.54, 1.807) is 6.92 Å². The second-order valence-corrected chi connectivity index (χ2v) is 42.3. The summed E-state index contributed by atoms with van der Waals surface area (Å²) in [6.07, 6.45) is 15.6. The lowest BCUT2D eigenvalue weighted by atomic mass is 9.86. The molecule has 0 spiro atoms. The second kappa shape index (κ2) is 44.6. The fourth-order valence-electron chi connectivity index (χ4n) is 10.2. The number of esters is 9. The minimum absolute atomic E-state index is 0.0314. The van der Waals surface area contributed by atoms with Gasteiger partial charge in [-0.3, -0.25) is 43.2 Å². The molecule has 0 aromatic rings. The van der Waals surface area contributed by atoms with Crippen LogP contribution in [0.15, 0.2) is 0 Å². The molecule has 0 saturated carbocycles. The van der Waals surface area contributed by atoms with Crippen molar-refractivity contribution in [2.45, 2.75) is 220 Å². The van der Waals surface area contributed by atoms with Crippen LogP contribution in [0.2, 0.25) is 0 Å². The van der Waals surface area contributed by atoms with E-state index in [4.69, 9.17) is 42.6 Å². The van der Waals surface area contributed by atoms with Crippen LogP contribution in [0.4, 0.5) is 0 Å². The van der Waals surface area contributed by atoms with E-state index in [1.165, 1.54) is 20.8 Å². The molecule has 0 N–H and O–H groups in total. The number of carbonyl (C=O) groups is 9. The molecule has 93 heavy (non-hydrogen) atoms. The fourth-order valence-corrected chi connectivity index (χ4v) is 28.4. The molecule has 6 rings (SSSR count). The maximum absolute atomic E-state index is 14.8. The average molecular weight is 1530 g/mol. The molecule has 0 aromatic carbocycles. The van der Waals surface area contributed by atoms with Crippen molar-refractivity contribution < 1.29 is 85.8 Å². The van der Waals surface area contributed by atoms with Gasteiger partial charge in [0.2, 0.25) is 0 Å². The molecule has 0 bridgehead atoms. The number of carbonyl (C=O) groups excluding carboxylic acids is 9. The Morgan fingerprint density at radius 3 is 0.624 bits per heavy atom. The van der Waals surface area contributed by atoms with E-state index >= 15 is 0 Å². The summed E-state index contributed by atoms with van der Waals surface area (Å²) in [5.41, 5.74) is -6.76. The van der Waals surface area contributed by atoms with E-state index in [0.717, 1.165) is 112 Å². The van der Waals surface area contributed by atoms with Crippen molar-refractivity contribution >= 4 is 183 Å². The highest BCUT2D eigenvalue weighted by Gasteiger charge is 2.46. The molecule has 0 aromatic heterocycles. The number of hydrogen-bond donors (Lipinski definition) is 0. The summed E-state index contributed by atoms with van der Waals surface area (Å²) in [6.45, 7) is 1.47. The molecule has 6 saturated heterocycles. The number of rotatable bonds is 46. The van der Waals surface area contributed by atoms with Crippen LogP contribution in [0.3, 0.4) is 0 Å². The van der Waals surface area contributed by atoms with Crippen LogP contribution in [0.25, 0.3) is 0 Å². The Bertz CT molecular complexity index is 1960. The molecule has 530 valence electrons. The average Bonchev–Trinajstić information content (AvgIpc) is 1.95. The van der Waals surface area contributed by atoms with E-state index in [-0.39, 0.29) is 44.9 Å². The summed E-state index contributed by atoms with van der Waals surface area (Å²) in [6, 6.07) is 0. The van der Waals surface area contributed by atoms with Crippen molar-refractivity contribution in [2.24, 2.45) is 21.7 Å². The van der Waals surface area contributed by atoms with Crippen LogP contribution >= 0.6 is 130 Å². The summed E-state index contributed by atoms with van der Waals surface area (Å²) in [5.74, 6) is 0.395. The molecule has 0 aliphatic carbocycles. The zero-order valence-electron chi connectivity index (χ0n) is 54.5. The van der Waals surface area contributed by atoms with Crippen molar-refractivity contribution in [2.75, 3.05) is 94.0 Å². The first kappa shape index (κ1) is 81.4. The minimum atomic E-state index is -1.74. The Balaban J connectivity index is 1.21. The van der Waals surface area contributed by atoms with Gasteiger partial charge in [0, 0.05) is 105 Å². The number of hydrogen-bond acceptors (Lipinski definition) is 30. The Kier molecular flexibility index (Phi) is 39.1. The summed E-state index contributed by atoms with van der Waals surface area (Å²) in [7, 11) is 21.8. The molecule has 6 unspecified atom stereocenters. The van der Waals surface area contributed by atoms with Gasteiger partial charge >= 0.3 is 53.7 Å². The summed E-state index contributed by atoms with van der Waals surface area (Å²) in [5, 5.41) is 2.65. The third-order valence-corrected chi connectivity index (χ3v) is 34.9. The lowest BCUT2D eigenvalue weighted by Gasteiger charge is -2.35. The van der Waals surface area contributed by atoms with Crippen molar-refractivity contribution in [3.05, 3.63) is 0 Å². The molecular formula is C63H98O18S12. The van der Waals surface area contributed by atoms with E-state index in [1.807, 2.05) is 130 Å². The maximum atomic E-state index is 14.8. The van der Waals surface area contributed by atoms with E-state index in [2.05, 4.69) is 0 Å². The van der Waals surface area contributed by atoms with Crippen molar-refractivity contribution in [1.82, 2.24) is 0 Å². The van der Waals surface area contributed by atoms with Gasteiger partial charge in [-0.1, -0.05) is 136 Å². The highest BCUT2D eigenvalue weighted by atomic mass is 33.1. The molecule has 6 aliphatic rings. The van der Waals surface area contributed by atoms with Gasteiger partial charge in [0.1, 0.15) is 75.7 Å². The third-order valence-electron chi connectivity index (χ3n) is 16.9. The van der Waals surface area contributed by atoms with Gasteiger partial charge in [-0.2, -0.15) is 0 Å². The van der Waals surface area contributed by atoms with Crippen LogP contribution in [0, 0.1) is 21.7 Å². The zero-order chi connectivity index (χ0) is 66.8. The third kappa shape index (κ3) is 31.5. The molecule has 6 heterocycles. The molecule has 0 amide bonds. The van der Waals surface area contributed by atoms with Gasteiger partial charge in [0.05, 0.1) is 5.41 Å². The normalized spacial score (nSPS) is 23.7. The van der Waals surface area contributed by atoms with Crippen molar-refractivity contribution in [3.8, 4) is 0 Å². The van der Waals surface area contributed by atoms with Gasteiger partial charge < -0.3 is 42.6 Å². The smallest absolute Gasteiger partial charge is 0.318 e. The number of ether oxygens (including phenoxy) is 9. The summed E-state index contributed by atoms with van der Waals surface area (Å²) < 4.78 is 53.1. The molecule has 0 radical (unpaired) electrons. The molecule has 6 atom stereocenters. The Morgan fingerprint density at radius 2 is 0.473 bits per heavy atom. The first-order chi connectivity index (χ1) is 44.8. The summed E-state index contributed by atoms with van der Waals surface area (Å²) >= 11 is 0. The topological polar surface area (TPSA) is 237 Å². The standard InChI is InChI=1S/C63H98O18S12/c1-5-63(42-79-57(70)60(2,36-73-51(64)18-6-12-45-24-30-82-88-45)37-74-52(65)19-7-13-46-25-31-83-89-46,43-80-58(71)61(3,38-75-53(66)20-8-14-47-26-32-84-90-47)39-76-54(67)21-9-15-48-27-33-85-91-48)44-81-59(72)62(4,40-77-55(68)22-10-16-49-28-34-86-92-49)41-78-56(69)23-11-17-50-29-35-87-93-50/h45-50H,5-44H2,1-4H3. The van der Waals surface area contributed by atoms with Crippen LogP contribution in [-0.4, -0.2) is 179 Å². The van der Waals surface area contributed by atoms with Gasteiger partial charge in [0.25, 0.3) is 0 Å². The molecule has 30 heteroatoms. The lowest BCUT2D eigenvalue weighted by molar-refractivity contribution is -0.182. The predicted octanol–water partition coefficient (Wildman–Crippen LogP) is 15.2. The van der Waals surface area contributed by atoms with Gasteiger partial charge in [-0.25, -0.2) is 0 Å². The zero-order valence-corrected chi connectivity index (χ0v) is 64.3. The van der Waals surface area contributed by atoms with Crippen LogP contribution in [0.1, 0.15) is 188 Å². The van der Waals surface area contributed by atoms with Gasteiger partial charge in [-0.15, -0.1) is 0 Å². The molecular weight excluding hydrogens is 1430 g/mol. The first-order valence-corrected chi connectivity index (χ1v) is 47.2. The highest BCUT2D eigenvalue weighted by Crippen LogP contribution is 2.44. The maximum Gasteiger partial charge on any atom is 0.318 e. The minimum Gasteiger partial charge on any atom is -0.464 e. The lowest BCUT2D eigenvalue weighted by Crippen LogP contribution is -2.47. The largest absolute Gasteiger partial charge is 0.464 e. The predicted molar refractivity (Wildman–Crippen MR) is 390 cm³/mol. The van der Waals surface area contributed by atoms with Crippen LogP contribution in [0.5, 0.6) is 0 Å². The van der Waals surface area contributed by atoms with Crippen molar-refractivity contribution in [3.63, 3.8) is 0 Å². The van der Waals surface area contributed by atoms with Gasteiger partial charge in [-0.05, 0) is 143 Å². The van der Waals surface area contributed by atoms with E-state index < -0.39 is 135 Å². The van der Waals surface area contributed by atoms with E-state index in [0.29, 0.717) is 70.0 Å². The molecule has 6 aliphatic heterocycles. The van der Waals surface area contributed by atoms with Crippen LogP contribution in [-0.2, 0) is 85.8 Å². The summed E-state index contributed by atoms with van der Waals surface area (Å²) in [4.78, 5) is 124. The Morgan fingerprint density at radius 1 is 0.290 bits per heavy atom. The SMILES string of the molecule is CCC(COC(=O)C(C)(COC(=O)CCCC1CCSS1)COC(=O)CCCC1CCSS1)(COC(=O)C(C)(COC(=O)CCCC1CCSS1)COC(=O)CCCC1CCSS1)COC(=O)C(C)(COC(=O)CCCC1CCSS1)COC(=O)CCCC1CCSS1. The fraction of sp³-hybridized carbons (Fsp3) is 0.857. The van der Waals surface area contributed by atoms with Gasteiger partial charge in [0.15, 0.2) is 0 Å². The molecule has 18 nitrogen and oxygen atoms in total. The highest BCUT2D eigenvalue weighted by molar-refractivity contribution is 8.78. The second-order valence-electron chi connectivity index (χ2n) is 25.6. The quantitative estimate of drug-likeness (QED) is 0.0313.